The van der Waals surface area contributed by atoms with Gasteiger partial charge in [-0.2, -0.15) is 0 Å². The number of hydrogen-bond donors (Lipinski definition) is 1. The molecule has 120 valence electrons. The van der Waals surface area contributed by atoms with Gasteiger partial charge < -0.3 is 5.32 Å². The van der Waals surface area contributed by atoms with Crippen molar-refractivity contribution in [1.29, 1.82) is 0 Å². The Bertz CT molecular complexity index is 810. The minimum absolute atomic E-state index is 0.0812. The van der Waals surface area contributed by atoms with E-state index in [2.05, 4.69) is 36.4 Å². The van der Waals surface area contributed by atoms with Crippen molar-refractivity contribution in [2.45, 2.75) is 5.03 Å². The van der Waals surface area contributed by atoms with Gasteiger partial charge in [0.15, 0.2) is 0 Å². The Morgan fingerprint density at radius 1 is 1.00 bits per heavy atom. The normalized spacial score (nSPS) is 10.4. The van der Waals surface area contributed by atoms with Crippen LogP contribution >= 0.6 is 27.7 Å². The summed E-state index contributed by atoms with van der Waals surface area (Å²) >= 11 is 4.71. The second kappa shape index (κ2) is 8.03. The maximum absolute atomic E-state index is 12.0. The van der Waals surface area contributed by atoms with E-state index in [1.165, 1.54) is 11.8 Å². The van der Waals surface area contributed by atoms with Crippen molar-refractivity contribution in [1.82, 2.24) is 15.2 Å². The number of rotatable bonds is 5. The topological polar surface area (TPSA) is 67.8 Å². The fourth-order valence-corrected chi connectivity index (χ4v) is 2.82. The molecule has 1 amide bonds. The SMILES string of the molecule is O=C(CSc1ccc(-c2ccncc2)nn1)Nc1ccc(Br)cc1. The molecule has 0 bridgehead atoms. The average molecular weight is 401 g/mol. The summed E-state index contributed by atoms with van der Waals surface area (Å²) in [6.07, 6.45) is 3.43. The van der Waals surface area contributed by atoms with Gasteiger partial charge in [-0.3, -0.25) is 9.78 Å². The number of thioether (sulfide) groups is 1. The molecule has 0 saturated carbocycles. The lowest BCUT2D eigenvalue weighted by molar-refractivity contribution is -0.113. The Balaban J connectivity index is 1.54. The first-order valence-corrected chi connectivity index (χ1v) is 8.91. The molecule has 0 fully saturated rings. The number of carbonyl (C=O) groups is 1. The minimum Gasteiger partial charge on any atom is -0.325 e. The molecule has 0 spiro atoms. The van der Waals surface area contributed by atoms with Gasteiger partial charge in [0.05, 0.1) is 11.4 Å². The first-order valence-electron chi connectivity index (χ1n) is 7.13. The molecule has 0 aliphatic rings. The van der Waals surface area contributed by atoms with Crippen molar-refractivity contribution in [3.05, 3.63) is 65.4 Å². The van der Waals surface area contributed by atoms with E-state index in [0.29, 0.717) is 5.03 Å². The molecular formula is C17H13BrN4OS. The fourth-order valence-electron chi connectivity index (χ4n) is 1.94. The monoisotopic (exact) mass is 400 g/mol. The third kappa shape index (κ3) is 4.62. The zero-order valence-corrected chi connectivity index (χ0v) is 14.9. The standard InChI is InChI=1S/C17H13BrN4OS/c18-13-1-3-14(4-2-13)20-16(23)11-24-17-6-5-15(21-22-17)12-7-9-19-10-8-12/h1-10H,11H2,(H,20,23). The van der Waals surface area contributed by atoms with Crippen LogP contribution in [0, 0.1) is 0 Å². The zero-order chi connectivity index (χ0) is 16.8. The van der Waals surface area contributed by atoms with Crippen molar-refractivity contribution >= 4 is 39.3 Å². The molecule has 0 atom stereocenters. The first-order chi connectivity index (χ1) is 11.7. The largest absolute Gasteiger partial charge is 0.325 e. The van der Waals surface area contributed by atoms with Gasteiger partial charge >= 0.3 is 0 Å². The van der Waals surface area contributed by atoms with Gasteiger partial charge in [-0.1, -0.05) is 27.7 Å². The van der Waals surface area contributed by atoms with E-state index >= 15 is 0 Å². The minimum atomic E-state index is -0.0812. The number of aromatic nitrogens is 3. The third-order valence-electron chi connectivity index (χ3n) is 3.10. The van der Waals surface area contributed by atoms with Gasteiger partial charge in [-0.15, -0.1) is 10.2 Å². The van der Waals surface area contributed by atoms with Crippen molar-refractivity contribution < 1.29 is 4.79 Å². The Morgan fingerprint density at radius 2 is 1.75 bits per heavy atom. The Hall–Kier alpha value is -2.25. The summed E-state index contributed by atoms with van der Waals surface area (Å²) in [7, 11) is 0. The number of carbonyl (C=O) groups excluding carboxylic acids is 1. The molecule has 3 rings (SSSR count). The van der Waals surface area contributed by atoms with Crippen LogP contribution in [0.25, 0.3) is 11.3 Å². The maximum atomic E-state index is 12.0. The maximum Gasteiger partial charge on any atom is 0.234 e. The van der Waals surface area contributed by atoms with E-state index in [9.17, 15) is 4.79 Å². The molecule has 24 heavy (non-hydrogen) atoms. The highest BCUT2D eigenvalue weighted by molar-refractivity contribution is 9.10. The van der Waals surface area contributed by atoms with E-state index in [4.69, 9.17) is 0 Å². The highest BCUT2D eigenvalue weighted by atomic mass is 79.9. The summed E-state index contributed by atoms with van der Waals surface area (Å²) in [4.78, 5) is 15.9. The quantitative estimate of drug-likeness (QED) is 0.654. The molecule has 0 radical (unpaired) electrons. The Labute approximate surface area is 152 Å². The van der Waals surface area contributed by atoms with Crippen LogP contribution in [0.1, 0.15) is 0 Å². The van der Waals surface area contributed by atoms with Crippen LogP contribution in [0.4, 0.5) is 5.69 Å². The average Bonchev–Trinajstić information content (AvgIpc) is 2.63. The summed E-state index contributed by atoms with van der Waals surface area (Å²) in [5.41, 5.74) is 2.51. The van der Waals surface area contributed by atoms with Gasteiger partial charge in [0.25, 0.3) is 0 Å². The van der Waals surface area contributed by atoms with Crippen LogP contribution in [-0.2, 0) is 4.79 Å². The molecule has 0 unspecified atom stereocenters. The molecule has 0 aliphatic heterocycles. The second-order valence-corrected chi connectivity index (χ2v) is 6.75. The molecule has 0 aliphatic carbocycles. The molecule has 1 N–H and O–H groups in total. The number of halogens is 1. The number of pyridine rings is 1. The van der Waals surface area contributed by atoms with Crippen LogP contribution in [0.5, 0.6) is 0 Å². The van der Waals surface area contributed by atoms with E-state index in [1.807, 2.05) is 48.5 Å². The van der Waals surface area contributed by atoms with Crippen molar-refractivity contribution in [2.24, 2.45) is 0 Å². The predicted octanol–water partition coefficient (Wildman–Crippen LogP) is 4.03. The lowest BCUT2D eigenvalue weighted by Crippen LogP contribution is -2.14. The van der Waals surface area contributed by atoms with E-state index in [-0.39, 0.29) is 11.7 Å². The fraction of sp³-hybridized carbons (Fsp3) is 0.0588. The van der Waals surface area contributed by atoms with E-state index in [0.717, 1.165) is 21.4 Å². The van der Waals surface area contributed by atoms with Crippen molar-refractivity contribution in [3.63, 3.8) is 0 Å². The molecule has 3 aromatic rings. The molecule has 7 heteroatoms. The first kappa shape index (κ1) is 16.6. The third-order valence-corrected chi connectivity index (χ3v) is 4.54. The molecule has 5 nitrogen and oxygen atoms in total. The number of hydrogen-bond acceptors (Lipinski definition) is 5. The van der Waals surface area contributed by atoms with E-state index in [1.54, 1.807) is 12.4 Å². The van der Waals surface area contributed by atoms with Crippen LogP contribution in [-0.4, -0.2) is 26.8 Å². The van der Waals surface area contributed by atoms with Crippen LogP contribution in [0.3, 0.4) is 0 Å². The van der Waals surface area contributed by atoms with Gasteiger partial charge in [0, 0.05) is 28.1 Å². The Morgan fingerprint density at radius 3 is 2.42 bits per heavy atom. The lowest BCUT2D eigenvalue weighted by Gasteiger charge is -2.05. The summed E-state index contributed by atoms with van der Waals surface area (Å²) in [6, 6.07) is 15.0. The number of nitrogens with one attached hydrogen (secondary N) is 1. The predicted molar refractivity (Wildman–Crippen MR) is 98.8 cm³/mol. The van der Waals surface area contributed by atoms with Gasteiger partial charge in [-0.05, 0) is 48.5 Å². The molecule has 1 aromatic carbocycles. The van der Waals surface area contributed by atoms with Gasteiger partial charge in [0.2, 0.25) is 5.91 Å². The Kier molecular flexibility index (Phi) is 5.55. The molecule has 2 aromatic heterocycles. The summed E-state index contributed by atoms with van der Waals surface area (Å²) in [6.45, 7) is 0. The number of benzene rings is 1. The molecule has 2 heterocycles. The molecule has 0 saturated heterocycles. The highest BCUT2D eigenvalue weighted by Gasteiger charge is 2.06. The zero-order valence-electron chi connectivity index (χ0n) is 12.5. The van der Waals surface area contributed by atoms with E-state index < -0.39 is 0 Å². The second-order valence-electron chi connectivity index (χ2n) is 4.84. The number of anilines is 1. The lowest BCUT2D eigenvalue weighted by atomic mass is 10.2. The van der Waals surface area contributed by atoms with Gasteiger partial charge in [-0.25, -0.2) is 0 Å². The van der Waals surface area contributed by atoms with Gasteiger partial charge in [0.1, 0.15) is 5.03 Å². The van der Waals surface area contributed by atoms with Crippen molar-refractivity contribution in [3.8, 4) is 11.3 Å². The highest BCUT2D eigenvalue weighted by Crippen LogP contribution is 2.20. The summed E-state index contributed by atoms with van der Waals surface area (Å²) < 4.78 is 0.972. The molecular weight excluding hydrogens is 388 g/mol. The van der Waals surface area contributed by atoms with Crippen LogP contribution < -0.4 is 5.32 Å². The van der Waals surface area contributed by atoms with Crippen LogP contribution in [0.2, 0.25) is 0 Å². The summed E-state index contributed by atoms with van der Waals surface area (Å²) in [5, 5.41) is 11.9. The summed E-state index contributed by atoms with van der Waals surface area (Å²) in [5.74, 6) is 0.196. The smallest absolute Gasteiger partial charge is 0.234 e. The number of nitrogens with zero attached hydrogens (tertiary/aromatic N) is 3. The number of amides is 1. The van der Waals surface area contributed by atoms with Crippen molar-refractivity contribution in [2.75, 3.05) is 11.1 Å². The van der Waals surface area contributed by atoms with Crippen LogP contribution in [0.15, 0.2) is 70.4 Å².